The second kappa shape index (κ2) is 2.29. The lowest BCUT2D eigenvalue weighted by molar-refractivity contribution is 0.145. The molecule has 1 aliphatic rings. The molecule has 0 atom stereocenters. The molecule has 2 nitrogen and oxygen atoms in total. The summed E-state index contributed by atoms with van der Waals surface area (Å²) in [7, 11) is 0. The van der Waals surface area contributed by atoms with Gasteiger partial charge in [-0.05, 0) is 19.3 Å². The minimum atomic E-state index is -2.42. The van der Waals surface area contributed by atoms with Crippen molar-refractivity contribution in [2.24, 2.45) is 0 Å². The molecular weight excluding hydrogens is 150 g/mol. The van der Waals surface area contributed by atoms with Gasteiger partial charge >= 0.3 is 0 Å². The van der Waals surface area contributed by atoms with Crippen molar-refractivity contribution in [3.05, 3.63) is 17.0 Å². The molecule has 1 N–H and O–H groups in total. The van der Waals surface area contributed by atoms with Gasteiger partial charge in [0.15, 0.2) is 0 Å². The zero-order chi connectivity index (χ0) is 7.84. The summed E-state index contributed by atoms with van der Waals surface area (Å²) < 4.78 is 24.3. The predicted molar refractivity (Wildman–Crippen MR) is 35.6 cm³/mol. The lowest BCUT2D eigenvalue weighted by atomic mass is 10.2. The van der Waals surface area contributed by atoms with Gasteiger partial charge in [0.1, 0.15) is 5.69 Å². The average Bonchev–Trinajstić information content (AvgIpc) is 2.41. The van der Waals surface area contributed by atoms with Crippen molar-refractivity contribution in [3.63, 3.8) is 0 Å². The zero-order valence-electron chi connectivity index (χ0n) is 5.90. The number of alkyl halides is 2. The van der Waals surface area contributed by atoms with Crippen LogP contribution in [0.15, 0.2) is 0 Å². The van der Waals surface area contributed by atoms with E-state index >= 15 is 0 Å². The third-order valence-electron chi connectivity index (χ3n) is 2.05. The van der Waals surface area contributed by atoms with Gasteiger partial charge in [-0.2, -0.15) is 5.10 Å². The van der Waals surface area contributed by atoms with Crippen LogP contribution in [0.2, 0.25) is 0 Å². The number of nitrogens with one attached hydrogen (secondary N) is 1. The molecule has 0 bridgehead atoms. The Labute approximate surface area is 62.6 Å². The summed E-state index contributed by atoms with van der Waals surface area (Å²) in [4.78, 5) is 0. The van der Waals surface area contributed by atoms with E-state index in [9.17, 15) is 8.78 Å². The van der Waals surface area contributed by atoms with Crippen LogP contribution in [0.25, 0.3) is 0 Å². The molecule has 11 heavy (non-hydrogen) atoms. The van der Waals surface area contributed by atoms with Gasteiger partial charge in [0, 0.05) is 11.3 Å². The van der Waals surface area contributed by atoms with Crippen molar-refractivity contribution < 1.29 is 8.78 Å². The highest BCUT2D eigenvalue weighted by molar-refractivity contribution is 5.29. The molecule has 4 heteroatoms. The first kappa shape index (κ1) is 6.76. The Kier molecular flexibility index (Phi) is 1.41. The molecule has 1 heterocycles. The van der Waals surface area contributed by atoms with E-state index in [1.807, 2.05) is 0 Å². The summed E-state index contributed by atoms with van der Waals surface area (Å²) in [5.74, 6) is 0. The summed E-state index contributed by atoms with van der Waals surface area (Å²) in [6.45, 7) is 0. The van der Waals surface area contributed by atoms with Crippen LogP contribution in [0.3, 0.4) is 0 Å². The Hall–Kier alpha value is -0.930. The number of hydrogen-bond donors (Lipinski definition) is 1. The number of halogens is 2. The Morgan fingerprint density at radius 3 is 2.91 bits per heavy atom. The fourth-order valence-corrected chi connectivity index (χ4v) is 1.53. The van der Waals surface area contributed by atoms with E-state index in [1.165, 1.54) is 0 Å². The molecule has 0 aliphatic heterocycles. The number of rotatable bonds is 1. The fourth-order valence-electron chi connectivity index (χ4n) is 1.53. The number of aryl methyl sites for hydroxylation is 1. The highest BCUT2D eigenvalue weighted by Gasteiger charge is 2.23. The monoisotopic (exact) mass is 158 g/mol. The Bertz CT molecular complexity index is 267. The topological polar surface area (TPSA) is 28.7 Å². The van der Waals surface area contributed by atoms with Crippen molar-refractivity contribution in [2.45, 2.75) is 25.7 Å². The predicted octanol–water partition coefficient (Wildman–Crippen LogP) is 1.84. The maximum atomic E-state index is 12.2. The third-order valence-corrected chi connectivity index (χ3v) is 2.05. The molecule has 0 unspecified atom stereocenters. The van der Waals surface area contributed by atoms with Crippen LogP contribution < -0.4 is 0 Å². The number of aromatic nitrogens is 2. The Morgan fingerprint density at radius 2 is 2.18 bits per heavy atom. The van der Waals surface area contributed by atoms with E-state index in [-0.39, 0.29) is 5.69 Å². The molecule has 0 fully saturated rings. The zero-order valence-corrected chi connectivity index (χ0v) is 5.90. The third kappa shape index (κ3) is 0.931. The van der Waals surface area contributed by atoms with Gasteiger partial charge in [0.2, 0.25) is 0 Å². The van der Waals surface area contributed by atoms with Gasteiger partial charge in [0.25, 0.3) is 6.43 Å². The number of nitrogens with zero attached hydrogens (tertiary/aromatic N) is 1. The van der Waals surface area contributed by atoms with Crippen molar-refractivity contribution in [3.8, 4) is 0 Å². The number of H-pyrrole nitrogens is 1. The van der Waals surface area contributed by atoms with Crippen LogP contribution in [0.5, 0.6) is 0 Å². The largest absolute Gasteiger partial charge is 0.282 e. The van der Waals surface area contributed by atoms with E-state index < -0.39 is 6.43 Å². The molecule has 0 radical (unpaired) electrons. The van der Waals surface area contributed by atoms with Gasteiger partial charge < -0.3 is 0 Å². The summed E-state index contributed by atoms with van der Waals surface area (Å²) in [5, 5.41) is 6.20. The molecular formula is C7H8F2N2. The smallest absolute Gasteiger partial charge is 0.282 e. The molecule has 60 valence electrons. The average molecular weight is 158 g/mol. The van der Waals surface area contributed by atoms with Crippen molar-refractivity contribution in [1.29, 1.82) is 0 Å². The van der Waals surface area contributed by atoms with Crippen molar-refractivity contribution in [1.82, 2.24) is 10.2 Å². The molecule has 1 aromatic rings. The summed E-state index contributed by atoms with van der Waals surface area (Å²) in [6.07, 6.45) is 0.178. The van der Waals surface area contributed by atoms with Crippen LogP contribution in [0, 0.1) is 0 Å². The lowest BCUT2D eigenvalue weighted by Gasteiger charge is -1.94. The quantitative estimate of drug-likeness (QED) is 0.663. The van der Waals surface area contributed by atoms with E-state index in [0.717, 1.165) is 30.5 Å². The molecule has 0 saturated heterocycles. The number of fused-ring (bicyclic) bond motifs is 1. The molecule has 0 amide bonds. The van der Waals surface area contributed by atoms with Crippen LogP contribution >= 0.6 is 0 Å². The molecule has 0 spiro atoms. The Morgan fingerprint density at radius 1 is 1.36 bits per heavy atom. The first-order valence-electron chi connectivity index (χ1n) is 3.63. The first-order chi connectivity index (χ1) is 5.29. The normalized spacial score (nSPS) is 15.9. The second-order valence-corrected chi connectivity index (χ2v) is 2.72. The number of hydrogen-bond acceptors (Lipinski definition) is 1. The van der Waals surface area contributed by atoms with E-state index in [0.29, 0.717) is 0 Å². The molecule has 2 rings (SSSR count). The molecule has 0 aromatic carbocycles. The fraction of sp³-hybridized carbons (Fsp3) is 0.571. The highest BCUT2D eigenvalue weighted by atomic mass is 19.3. The maximum absolute atomic E-state index is 12.2. The molecule has 1 aromatic heterocycles. The maximum Gasteiger partial charge on any atom is 0.282 e. The van der Waals surface area contributed by atoms with Gasteiger partial charge in [-0.3, -0.25) is 5.10 Å². The van der Waals surface area contributed by atoms with Crippen LogP contribution in [0.1, 0.15) is 29.8 Å². The van der Waals surface area contributed by atoms with E-state index in [1.54, 1.807) is 0 Å². The SMILES string of the molecule is FC(F)c1n[nH]c2c1CCC2. The number of aromatic amines is 1. The second-order valence-electron chi connectivity index (χ2n) is 2.72. The van der Waals surface area contributed by atoms with Gasteiger partial charge in [-0.25, -0.2) is 8.78 Å². The lowest BCUT2D eigenvalue weighted by Crippen LogP contribution is -1.89. The minimum Gasteiger partial charge on any atom is -0.282 e. The van der Waals surface area contributed by atoms with E-state index in [2.05, 4.69) is 10.2 Å². The first-order valence-corrected chi connectivity index (χ1v) is 3.63. The van der Waals surface area contributed by atoms with Gasteiger partial charge in [-0.1, -0.05) is 0 Å². The summed E-state index contributed by atoms with van der Waals surface area (Å²) in [6, 6.07) is 0. The highest BCUT2D eigenvalue weighted by Crippen LogP contribution is 2.28. The molecule has 0 saturated carbocycles. The Balaban J connectivity index is 2.42. The van der Waals surface area contributed by atoms with Gasteiger partial charge in [0.05, 0.1) is 0 Å². The van der Waals surface area contributed by atoms with Gasteiger partial charge in [-0.15, -0.1) is 0 Å². The standard InChI is InChI=1S/C7H8F2N2/c8-7(9)6-4-2-1-3-5(4)10-11-6/h7H,1-3H2,(H,10,11). The van der Waals surface area contributed by atoms with Crippen LogP contribution in [-0.4, -0.2) is 10.2 Å². The summed E-state index contributed by atoms with van der Waals surface area (Å²) >= 11 is 0. The molecule has 1 aliphatic carbocycles. The van der Waals surface area contributed by atoms with E-state index in [4.69, 9.17) is 0 Å². The summed E-state index contributed by atoms with van der Waals surface area (Å²) in [5.41, 5.74) is 1.61. The van der Waals surface area contributed by atoms with Crippen LogP contribution in [0.4, 0.5) is 8.78 Å². The van der Waals surface area contributed by atoms with Crippen LogP contribution in [-0.2, 0) is 12.8 Å². The van der Waals surface area contributed by atoms with Crippen molar-refractivity contribution >= 4 is 0 Å². The minimum absolute atomic E-state index is 0.0440. The van der Waals surface area contributed by atoms with Crippen molar-refractivity contribution in [2.75, 3.05) is 0 Å².